The van der Waals surface area contributed by atoms with Crippen LogP contribution in [0.5, 0.6) is 0 Å². The molecule has 0 aliphatic heterocycles. The number of nitrogen functional groups attached to an aromatic ring is 1. The zero-order valence-corrected chi connectivity index (χ0v) is 9.69. The Labute approximate surface area is 94.7 Å². The maximum Gasteiger partial charge on any atom is 0.200 e. The Balaban J connectivity index is 2.33. The van der Waals surface area contributed by atoms with Gasteiger partial charge in [0.1, 0.15) is 11.6 Å². The molecule has 2 rings (SSSR count). The number of aryl methyl sites for hydroxylation is 2. The molecule has 0 aliphatic carbocycles. The predicted octanol–water partition coefficient (Wildman–Crippen LogP) is 2.64. The molecule has 0 aromatic carbocycles. The van der Waals surface area contributed by atoms with Crippen LogP contribution < -0.4 is 10.6 Å². The number of hydrogen-bond donors (Lipinski definition) is 1. The van der Waals surface area contributed by atoms with Gasteiger partial charge in [-0.05, 0) is 31.5 Å². The molecule has 0 fully saturated rings. The normalized spacial score (nSPS) is 10.4. The van der Waals surface area contributed by atoms with Crippen LogP contribution in [0.4, 0.5) is 17.4 Å². The topological polar surface area (TPSA) is 55.3 Å². The summed E-state index contributed by atoms with van der Waals surface area (Å²) in [5.41, 5.74) is 7.44. The third-order valence-electron chi connectivity index (χ3n) is 2.54. The highest BCUT2D eigenvalue weighted by atomic mass is 16.4. The number of aromatic nitrogens is 1. The van der Waals surface area contributed by atoms with Crippen LogP contribution in [-0.2, 0) is 0 Å². The summed E-state index contributed by atoms with van der Waals surface area (Å²) < 4.78 is 5.52. The summed E-state index contributed by atoms with van der Waals surface area (Å²) in [4.78, 5) is 6.15. The van der Waals surface area contributed by atoms with Crippen LogP contribution in [0, 0.1) is 13.8 Å². The molecule has 0 bridgehead atoms. The zero-order chi connectivity index (χ0) is 11.7. The number of nitrogens with two attached hydrogens (primary N) is 1. The first kappa shape index (κ1) is 10.5. The van der Waals surface area contributed by atoms with Crippen molar-refractivity contribution in [2.24, 2.45) is 0 Å². The molecule has 2 aromatic heterocycles. The molecule has 0 saturated heterocycles. The second-order valence-corrected chi connectivity index (χ2v) is 3.84. The molecule has 0 atom stereocenters. The van der Waals surface area contributed by atoms with Crippen molar-refractivity contribution in [3.8, 4) is 0 Å². The minimum Gasteiger partial charge on any atom is -0.445 e. The van der Waals surface area contributed by atoms with Crippen LogP contribution in [0.15, 0.2) is 28.8 Å². The van der Waals surface area contributed by atoms with Gasteiger partial charge in [0.25, 0.3) is 0 Å². The maximum absolute atomic E-state index is 5.73. The van der Waals surface area contributed by atoms with Gasteiger partial charge in [0.05, 0.1) is 11.9 Å². The standard InChI is InChI=1S/C12H15N3O/c1-8-6-11(14-7-10(8)13)15(3)12-5-4-9(2)16-12/h4-7H,13H2,1-3H3. The lowest BCUT2D eigenvalue weighted by atomic mass is 10.2. The van der Waals surface area contributed by atoms with Gasteiger partial charge in [-0.2, -0.15) is 0 Å². The number of hydrogen-bond acceptors (Lipinski definition) is 4. The first-order valence-electron chi connectivity index (χ1n) is 5.10. The second kappa shape index (κ2) is 3.89. The SMILES string of the molecule is Cc1ccc(N(C)c2cc(C)c(N)cn2)o1. The minimum absolute atomic E-state index is 0.702. The van der Waals surface area contributed by atoms with Crippen molar-refractivity contribution in [3.05, 3.63) is 35.7 Å². The van der Waals surface area contributed by atoms with Gasteiger partial charge in [0.15, 0.2) is 0 Å². The van der Waals surface area contributed by atoms with Gasteiger partial charge < -0.3 is 10.2 Å². The third kappa shape index (κ3) is 1.86. The predicted molar refractivity (Wildman–Crippen MR) is 64.9 cm³/mol. The zero-order valence-electron chi connectivity index (χ0n) is 9.69. The smallest absolute Gasteiger partial charge is 0.200 e. The first-order chi connectivity index (χ1) is 7.58. The highest BCUT2D eigenvalue weighted by Crippen LogP contribution is 2.25. The summed E-state index contributed by atoms with van der Waals surface area (Å²) in [7, 11) is 1.91. The minimum atomic E-state index is 0.702. The van der Waals surface area contributed by atoms with Gasteiger partial charge >= 0.3 is 0 Å². The molecular formula is C12H15N3O. The second-order valence-electron chi connectivity index (χ2n) is 3.84. The highest BCUT2D eigenvalue weighted by Gasteiger charge is 2.09. The van der Waals surface area contributed by atoms with Crippen LogP contribution in [0.1, 0.15) is 11.3 Å². The molecule has 2 N–H and O–H groups in total. The number of furan rings is 1. The van der Waals surface area contributed by atoms with Crippen LogP contribution in [-0.4, -0.2) is 12.0 Å². The summed E-state index contributed by atoms with van der Waals surface area (Å²) in [5.74, 6) is 2.48. The summed E-state index contributed by atoms with van der Waals surface area (Å²) >= 11 is 0. The van der Waals surface area contributed by atoms with E-state index >= 15 is 0 Å². The van der Waals surface area contributed by atoms with Crippen LogP contribution >= 0.6 is 0 Å². The highest BCUT2D eigenvalue weighted by molar-refractivity contribution is 5.58. The fourth-order valence-corrected chi connectivity index (χ4v) is 1.45. The Morgan fingerprint density at radius 3 is 2.62 bits per heavy atom. The Hall–Kier alpha value is -1.97. The summed E-state index contributed by atoms with van der Waals surface area (Å²) in [6.07, 6.45) is 1.66. The van der Waals surface area contributed by atoms with Crippen molar-refractivity contribution in [2.45, 2.75) is 13.8 Å². The van der Waals surface area contributed by atoms with Crippen molar-refractivity contribution >= 4 is 17.4 Å². The molecule has 84 valence electrons. The van der Waals surface area contributed by atoms with E-state index in [-0.39, 0.29) is 0 Å². The van der Waals surface area contributed by atoms with E-state index in [1.807, 2.05) is 44.0 Å². The summed E-state index contributed by atoms with van der Waals surface area (Å²) in [6, 6.07) is 5.78. The van der Waals surface area contributed by atoms with E-state index in [1.165, 1.54) is 0 Å². The number of anilines is 3. The van der Waals surface area contributed by atoms with Crippen molar-refractivity contribution in [1.82, 2.24) is 4.98 Å². The van der Waals surface area contributed by atoms with Gasteiger partial charge in [-0.3, -0.25) is 4.90 Å². The van der Waals surface area contributed by atoms with E-state index in [2.05, 4.69) is 4.98 Å². The van der Waals surface area contributed by atoms with Gasteiger partial charge in [0.2, 0.25) is 5.88 Å². The Morgan fingerprint density at radius 1 is 1.31 bits per heavy atom. The van der Waals surface area contributed by atoms with Crippen LogP contribution in [0.25, 0.3) is 0 Å². The van der Waals surface area contributed by atoms with Gasteiger partial charge in [-0.25, -0.2) is 4.98 Å². The van der Waals surface area contributed by atoms with E-state index in [1.54, 1.807) is 6.20 Å². The van der Waals surface area contributed by atoms with Crippen molar-refractivity contribution in [2.75, 3.05) is 17.7 Å². The molecular weight excluding hydrogens is 202 g/mol. The third-order valence-corrected chi connectivity index (χ3v) is 2.54. The van der Waals surface area contributed by atoms with E-state index in [9.17, 15) is 0 Å². The van der Waals surface area contributed by atoms with Crippen LogP contribution in [0.2, 0.25) is 0 Å². The van der Waals surface area contributed by atoms with Crippen LogP contribution in [0.3, 0.4) is 0 Å². The van der Waals surface area contributed by atoms with Crippen molar-refractivity contribution < 1.29 is 4.42 Å². The molecule has 0 amide bonds. The Bertz CT molecular complexity index is 505. The number of nitrogens with zero attached hydrogens (tertiary/aromatic N) is 2. The quantitative estimate of drug-likeness (QED) is 0.840. The first-order valence-corrected chi connectivity index (χ1v) is 5.10. The fourth-order valence-electron chi connectivity index (χ4n) is 1.45. The fraction of sp³-hybridized carbons (Fsp3) is 0.250. The molecule has 2 aromatic rings. The van der Waals surface area contributed by atoms with Gasteiger partial charge in [-0.15, -0.1) is 0 Å². The average Bonchev–Trinajstić information content (AvgIpc) is 2.68. The largest absolute Gasteiger partial charge is 0.445 e. The maximum atomic E-state index is 5.73. The molecule has 0 aliphatic rings. The van der Waals surface area contributed by atoms with E-state index in [0.717, 1.165) is 23.0 Å². The average molecular weight is 217 g/mol. The lowest BCUT2D eigenvalue weighted by molar-refractivity contribution is 0.537. The molecule has 0 unspecified atom stereocenters. The molecule has 0 saturated carbocycles. The number of pyridine rings is 1. The molecule has 2 heterocycles. The van der Waals surface area contributed by atoms with E-state index < -0.39 is 0 Å². The molecule has 0 spiro atoms. The Morgan fingerprint density at radius 2 is 2.06 bits per heavy atom. The lowest BCUT2D eigenvalue weighted by Gasteiger charge is -2.15. The van der Waals surface area contributed by atoms with Gasteiger partial charge in [0, 0.05) is 13.1 Å². The summed E-state index contributed by atoms with van der Waals surface area (Å²) in [5, 5.41) is 0. The van der Waals surface area contributed by atoms with E-state index in [0.29, 0.717) is 5.69 Å². The van der Waals surface area contributed by atoms with Gasteiger partial charge in [-0.1, -0.05) is 0 Å². The molecule has 4 heteroatoms. The molecule has 16 heavy (non-hydrogen) atoms. The monoisotopic (exact) mass is 217 g/mol. The molecule has 0 radical (unpaired) electrons. The lowest BCUT2D eigenvalue weighted by Crippen LogP contribution is -2.10. The van der Waals surface area contributed by atoms with Crippen molar-refractivity contribution in [1.29, 1.82) is 0 Å². The van der Waals surface area contributed by atoms with E-state index in [4.69, 9.17) is 10.2 Å². The number of rotatable bonds is 2. The molecule has 4 nitrogen and oxygen atoms in total. The Kier molecular flexibility index (Phi) is 2.56. The van der Waals surface area contributed by atoms with Crippen molar-refractivity contribution in [3.63, 3.8) is 0 Å². The summed E-state index contributed by atoms with van der Waals surface area (Å²) in [6.45, 7) is 3.88.